The van der Waals surface area contributed by atoms with Crippen LogP contribution in [0.15, 0.2) is 24.3 Å². The van der Waals surface area contributed by atoms with Crippen LogP contribution in [0, 0.1) is 0 Å². The topological polar surface area (TPSA) is 34.1 Å². The largest absolute Gasteiger partial charge is 0.416 e. The highest BCUT2D eigenvalue weighted by atomic mass is 35.5. The predicted molar refractivity (Wildman–Crippen MR) is 55.9 cm³/mol. The standard InChI is InChI=1S/C10H5Cl2F3O2/c11-8(16)7(9(12)17)5-2-1-3-6(4-5)10(13,14)15/h1-4,7H. The molecule has 0 spiro atoms. The fraction of sp³-hybridized carbons (Fsp3) is 0.200. The molecule has 0 heterocycles. The van der Waals surface area contributed by atoms with Crippen molar-refractivity contribution in [2.75, 3.05) is 0 Å². The van der Waals surface area contributed by atoms with Crippen molar-refractivity contribution in [2.24, 2.45) is 0 Å². The van der Waals surface area contributed by atoms with Crippen molar-refractivity contribution >= 4 is 33.7 Å². The summed E-state index contributed by atoms with van der Waals surface area (Å²) in [5.74, 6) is -1.58. The van der Waals surface area contributed by atoms with E-state index in [9.17, 15) is 22.8 Å². The van der Waals surface area contributed by atoms with Crippen molar-refractivity contribution in [1.82, 2.24) is 0 Å². The normalized spacial score (nSPS) is 11.6. The van der Waals surface area contributed by atoms with E-state index in [0.29, 0.717) is 6.07 Å². The van der Waals surface area contributed by atoms with E-state index in [1.165, 1.54) is 6.07 Å². The maximum Gasteiger partial charge on any atom is 0.416 e. The lowest BCUT2D eigenvalue weighted by molar-refractivity contribution is -0.137. The van der Waals surface area contributed by atoms with Gasteiger partial charge in [0.05, 0.1) is 5.56 Å². The van der Waals surface area contributed by atoms with Gasteiger partial charge in [-0.05, 0) is 34.8 Å². The van der Waals surface area contributed by atoms with Crippen LogP contribution < -0.4 is 0 Å². The monoisotopic (exact) mass is 284 g/mol. The van der Waals surface area contributed by atoms with Crippen LogP contribution in [-0.2, 0) is 15.8 Å². The Morgan fingerprint density at radius 1 is 1.12 bits per heavy atom. The Bertz CT molecular complexity index is 443. The Kier molecular flexibility index (Phi) is 4.16. The van der Waals surface area contributed by atoms with Crippen molar-refractivity contribution in [3.8, 4) is 0 Å². The van der Waals surface area contributed by atoms with E-state index in [1.54, 1.807) is 0 Å². The van der Waals surface area contributed by atoms with Gasteiger partial charge in [0.25, 0.3) is 0 Å². The van der Waals surface area contributed by atoms with Gasteiger partial charge in [-0.3, -0.25) is 9.59 Å². The van der Waals surface area contributed by atoms with Gasteiger partial charge in [0, 0.05) is 0 Å². The number of hydrogen-bond acceptors (Lipinski definition) is 2. The summed E-state index contributed by atoms with van der Waals surface area (Å²) < 4.78 is 37.2. The first-order valence-electron chi connectivity index (χ1n) is 4.29. The van der Waals surface area contributed by atoms with Crippen molar-refractivity contribution in [3.63, 3.8) is 0 Å². The first-order valence-corrected chi connectivity index (χ1v) is 5.05. The first-order chi connectivity index (χ1) is 7.73. The molecule has 0 bridgehead atoms. The summed E-state index contributed by atoms with van der Waals surface area (Å²) in [5.41, 5.74) is -1.16. The maximum absolute atomic E-state index is 12.4. The number of carbonyl (C=O) groups is 2. The van der Waals surface area contributed by atoms with Crippen molar-refractivity contribution < 1.29 is 22.8 Å². The summed E-state index contributed by atoms with van der Waals surface area (Å²) in [6.07, 6.45) is -4.56. The molecule has 0 fully saturated rings. The van der Waals surface area contributed by atoms with E-state index in [0.717, 1.165) is 12.1 Å². The molecule has 0 N–H and O–H groups in total. The molecule has 0 unspecified atom stereocenters. The van der Waals surface area contributed by atoms with Crippen LogP contribution in [0.25, 0.3) is 0 Å². The number of alkyl halides is 3. The molecule has 0 aliphatic rings. The Balaban J connectivity index is 3.23. The summed E-state index contributed by atoms with van der Waals surface area (Å²) in [5, 5.41) is -2.24. The number of rotatable bonds is 3. The molecule has 92 valence electrons. The number of hydrogen-bond donors (Lipinski definition) is 0. The first kappa shape index (κ1) is 14.0. The van der Waals surface area contributed by atoms with Crippen LogP contribution in [0.3, 0.4) is 0 Å². The van der Waals surface area contributed by atoms with Crippen molar-refractivity contribution in [3.05, 3.63) is 35.4 Å². The Morgan fingerprint density at radius 2 is 1.65 bits per heavy atom. The molecule has 1 aromatic rings. The van der Waals surface area contributed by atoms with Gasteiger partial charge in [-0.15, -0.1) is 0 Å². The molecular weight excluding hydrogens is 280 g/mol. The highest BCUT2D eigenvalue weighted by molar-refractivity contribution is 6.74. The van der Waals surface area contributed by atoms with Gasteiger partial charge in [0.2, 0.25) is 10.5 Å². The third kappa shape index (κ3) is 3.44. The minimum absolute atomic E-state index is 0.181. The fourth-order valence-electron chi connectivity index (χ4n) is 1.25. The lowest BCUT2D eigenvalue weighted by Crippen LogP contribution is -2.15. The minimum Gasteiger partial charge on any atom is -0.280 e. The lowest BCUT2D eigenvalue weighted by Gasteiger charge is -2.11. The summed E-state index contributed by atoms with van der Waals surface area (Å²) in [6.45, 7) is 0. The van der Waals surface area contributed by atoms with E-state index in [-0.39, 0.29) is 5.56 Å². The quantitative estimate of drug-likeness (QED) is 0.630. The van der Waals surface area contributed by atoms with Gasteiger partial charge in [-0.1, -0.05) is 18.2 Å². The molecule has 0 aliphatic carbocycles. The van der Waals surface area contributed by atoms with Crippen LogP contribution in [0.4, 0.5) is 13.2 Å². The third-order valence-corrected chi connectivity index (χ3v) is 2.44. The third-order valence-electron chi connectivity index (χ3n) is 2.00. The fourth-order valence-corrected chi connectivity index (χ4v) is 1.75. The molecule has 0 amide bonds. The Labute approximate surface area is 104 Å². The van der Waals surface area contributed by atoms with E-state index >= 15 is 0 Å². The minimum atomic E-state index is -4.56. The van der Waals surface area contributed by atoms with Crippen molar-refractivity contribution in [2.45, 2.75) is 12.1 Å². The molecule has 0 atom stereocenters. The molecule has 1 aromatic carbocycles. The van der Waals surface area contributed by atoms with Crippen LogP contribution in [-0.4, -0.2) is 10.5 Å². The zero-order valence-electron chi connectivity index (χ0n) is 8.09. The summed E-state index contributed by atoms with van der Waals surface area (Å²) >= 11 is 10.2. The summed E-state index contributed by atoms with van der Waals surface area (Å²) in [4.78, 5) is 21.9. The SMILES string of the molecule is O=C(Cl)C(C(=O)Cl)c1cccc(C(F)(F)F)c1. The lowest BCUT2D eigenvalue weighted by atomic mass is 9.99. The highest BCUT2D eigenvalue weighted by Gasteiger charge is 2.33. The van der Waals surface area contributed by atoms with Gasteiger partial charge in [0.1, 0.15) is 5.92 Å². The maximum atomic E-state index is 12.4. The molecule has 17 heavy (non-hydrogen) atoms. The molecule has 7 heteroatoms. The van der Waals surface area contributed by atoms with Crippen molar-refractivity contribution in [1.29, 1.82) is 0 Å². The van der Waals surface area contributed by atoms with E-state index in [4.69, 9.17) is 23.2 Å². The average molecular weight is 285 g/mol. The summed E-state index contributed by atoms with van der Waals surface area (Å²) in [7, 11) is 0. The predicted octanol–water partition coefficient (Wildman–Crippen LogP) is 3.32. The van der Waals surface area contributed by atoms with Gasteiger partial charge in [-0.2, -0.15) is 13.2 Å². The molecule has 2 nitrogen and oxygen atoms in total. The summed E-state index contributed by atoms with van der Waals surface area (Å²) in [6, 6.07) is 3.74. The van der Waals surface area contributed by atoms with Crippen LogP contribution in [0.5, 0.6) is 0 Å². The number of halogens is 5. The zero-order chi connectivity index (χ0) is 13.2. The van der Waals surface area contributed by atoms with Gasteiger partial charge < -0.3 is 0 Å². The molecule has 1 rings (SSSR count). The Hall–Kier alpha value is -1.07. The molecule has 0 aromatic heterocycles. The van der Waals surface area contributed by atoms with E-state index in [2.05, 4.69) is 0 Å². The molecule has 0 radical (unpaired) electrons. The zero-order valence-corrected chi connectivity index (χ0v) is 9.60. The second kappa shape index (κ2) is 5.06. The molecular formula is C10H5Cl2F3O2. The second-order valence-electron chi connectivity index (χ2n) is 3.16. The van der Waals surface area contributed by atoms with Gasteiger partial charge >= 0.3 is 6.18 Å². The number of benzene rings is 1. The van der Waals surface area contributed by atoms with Crippen LogP contribution in [0.2, 0.25) is 0 Å². The highest BCUT2D eigenvalue weighted by Crippen LogP contribution is 2.32. The van der Waals surface area contributed by atoms with Crippen LogP contribution in [0.1, 0.15) is 17.0 Å². The smallest absolute Gasteiger partial charge is 0.280 e. The van der Waals surface area contributed by atoms with E-state index < -0.39 is 28.1 Å². The van der Waals surface area contributed by atoms with Gasteiger partial charge in [0.15, 0.2) is 0 Å². The molecule has 0 saturated carbocycles. The van der Waals surface area contributed by atoms with Crippen LogP contribution >= 0.6 is 23.2 Å². The second-order valence-corrected chi connectivity index (χ2v) is 3.91. The van der Waals surface area contributed by atoms with Gasteiger partial charge in [-0.25, -0.2) is 0 Å². The average Bonchev–Trinajstić information content (AvgIpc) is 2.15. The number of carbonyl (C=O) groups excluding carboxylic acids is 2. The molecule has 0 saturated heterocycles. The molecule has 0 aliphatic heterocycles. The Morgan fingerprint density at radius 3 is 2.06 bits per heavy atom. The van der Waals surface area contributed by atoms with E-state index in [1.807, 2.05) is 0 Å².